The van der Waals surface area contributed by atoms with Crippen LogP contribution < -0.4 is 4.74 Å². The Labute approximate surface area is 147 Å². The molecule has 1 unspecified atom stereocenters. The molecule has 0 fully saturated rings. The lowest BCUT2D eigenvalue weighted by atomic mass is 10.1. The van der Waals surface area contributed by atoms with Crippen LogP contribution in [0.15, 0.2) is 60.8 Å². The highest BCUT2D eigenvalue weighted by Crippen LogP contribution is 2.23. The molecule has 5 nitrogen and oxygen atoms in total. The molecular weight excluding hydrogens is 312 g/mol. The number of ether oxygens (including phenoxy) is 1. The van der Waals surface area contributed by atoms with E-state index < -0.39 is 0 Å². The highest BCUT2D eigenvalue weighted by Gasteiger charge is 2.24. The number of rotatable bonds is 5. The summed E-state index contributed by atoms with van der Waals surface area (Å²) in [5.74, 6) is 0.632. The first-order valence-electron chi connectivity index (χ1n) is 8.65. The molecule has 0 saturated heterocycles. The molecule has 0 saturated carbocycles. The van der Waals surface area contributed by atoms with Crippen LogP contribution in [0.5, 0.6) is 5.88 Å². The molecule has 3 heterocycles. The van der Waals surface area contributed by atoms with Crippen molar-refractivity contribution in [2.45, 2.75) is 32.7 Å². The van der Waals surface area contributed by atoms with Crippen molar-refractivity contribution in [3.8, 4) is 5.88 Å². The molecule has 0 aliphatic carbocycles. The summed E-state index contributed by atoms with van der Waals surface area (Å²) in [7, 11) is 0. The van der Waals surface area contributed by atoms with Crippen LogP contribution in [-0.2, 0) is 19.7 Å². The maximum absolute atomic E-state index is 5.73. The average molecular weight is 334 g/mol. The quantitative estimate of drug-likeness (QED) is 0.717. The molecule has 128 valence electrons. The van der Waals surface area contributed by atoms with Gasteiger partial charge in [0.25, 0.3) is 0 Å². The zero-order chi connectivity index (χ0) is 17.1. The molecule has 0 amide bonds. The number of nitrogens with zero attached hydrogens (tertiary/aromatic N) is 4. The summed E-state index contributed by atoms with van der Waals surface area (Å²) in [6.07, 6.45) is 1.73. The fraction of sp³-hybridized carbons (Fsp3) is 0.300. The summed E-state index contributed by atoms with van der Waals surface area (Å²) >= 11 is 0. The number of benzene rings is 1. The first kappa shape index (κ1) is 15.8. The van der Waals surface area contributed by atoms with E-state index in [0.29, 0.717) is 18.5 Å². The van der Waals surface area contributed by atoms with Crippen LogP contribution in [0.4, 0.5) is 0 Å². The number of hydrogen-bond acceptors (Lipinski definition) is 4. The van der Waals surface area contributed by atoms with Crippen molar-refractivity contribution >= 4 is 0 Å². The molecule has 1 aromatic carbocycles. The topological polar surface area (TPSA) is 43.2 Å². The van der Waals surface area contributed by atoms with Crippen LogP contribution in [-0.4, -0.2) is 26.2 Å². The lowest BCUT2D eigenvalue weighted by molar-refractivity contribution is 0.174. The highest BCUT2D eigenvalue weighted by molar-refractivity contribution is 5.17. The second kappa shape index (κ2) is 7.07. The Balaban J connectivity index is 1.43. The molecule has 1 aliphatic rings. The van der Waals surface area contributed by atoms with Gasteiger partial charge in [-0.25, -0.2) is 4.98 Å². The Morgan fingerprint density at radius 1 is 1.12 bits per heavy atom. The van der Waals surface area contributed by atoms with Crippen molar-refractivity contribution < 1.29 is 4.74 Å². The molecule has 0 spiro atoms. The van der Waals surface area contributed by atoms with E-state index in [9.17, 15) is 0 Å². The monoisotopic (exact) mass is 334 g/mol. The Kier molecular flexibility index (Phi) is 4.48. The largest absolute Gasteiger partial charge is 0.471 e. The van der Waals surface area contributed by atoms with Gasteiger partial charge in [-0.3, -0.25) is 9.58 Å². The predicted molar refractivity (Wildman–Crippen MR) is 96.1 cm³/mol. The fourth-order valence-electron chi connectivity index (χ4n) is 3.35. The SMILES string of the molecule is CC1CN(Cc2ccccc2)Cc2cc(COc3ccccn3)nn21. The summed E-state index contributed by atoms with van der Waals surface area (Å²) in [6, 6.07) is 18.8. The zero-order valence-corrected chi connectivity index (χ0v) is 14.4. The number of hydrogen-bond donors (Lipinski definition) is 0. The van der Waals surface area contributed by atoms with Crippen LogP contribution in [0.1, 0.15) is 29.9 Å². The second-order valence-electron chi connectivity index (χ2n) is 6.53. The van der Waals surface area contributed by atoms with Gasteiger partial charge < -0.3 is 4.74 Å². The Hall–Kier alpha value is -2.66. The van der Waals surface area contributed by atoms with Crippen LogP contribution in [0, 0.1) is 0 Å². The van der Waals surface area contributed by atoms with Gasteiger partial charge in [0, 0.05) is 31.9 Å². The van der Waals surface area contributed by atoms with E-state index in [1.165, 1.54) is 11.3 Å². The second-order valence-corrected chi connectivity index (χ2v) is 6.53. The van der Waals surface area contributed by atoms with Gasteiger partial charge in [0.15, 0.2) is 0 Å². The molecule has 4 rings (SSSR count). The van der Waals surface area contributed by atoms with Crippen molar-refractivity contribution in [2.75, 3.05) is 6.54 Å². The van der Waals surface area contributed by atoms with Crippen LogP contribution in [0.25, 0.3) is 0 Å². The van der Waals surface area contributed by atoms with Crippen molar-refractivity contribution in [2.24, 2.45) is 0 Å². The van der Waals surface area contributed by atoms with Crippen molar-refractivity contribution in [1.82, 2.24) is 19.7 Å². The van der Waals surface area contributed by atoms with E-state index in [-0.39, 0.29) is 0 Å². The van der Waals surface area contributed by atoms with E-state index in [4.69, 9.17) is 9.84 Å². The summed E-state index contributed by atoms with van der Waals surface area (Å²) in [5.41, 5.74) is 3.55. The third-order valence-electron chi connectivity index (χ3n) is 4.44. The minimum atomic E-state index is 0.357. The first-order valence-corrected chi connectivity index (χ1v) is 8.65. The van der Waals surface area contributed by atoms with Gasteiger partial charge in [-0.1, -0.05) is 36.4 Å². The van der Waals surface area contributed by atoms with E-state index >= 15 is 0 Å². The molecule has 25 heavy (non-hydrogen) atoms. The number of fused-ring (bicyclic) bond motifs is 1. The van der Waals surface area contributed by atoms with Crippen molar-refractivity contribution in [3.05, 3.63) is 77.7 Å². The lowest BCUT2D eigenvalue weighted by Crippen LogP contribution is -2.36. The Bertz CT molecular complexity index is 816. The predicted octanol–water partition coefficient (Wildman–Crippen LogP) is 3.43. The fourth-order valence-corrected chi connectivity index (χ4v) is 3.35. The van der Waals surface area contributed by atoms with E-state index in [1.54, 1.807) is 6.20 Å². The van der Waals surface area contributed by atoms with Gasteiger partial charge in [0.2, 0.25) is 5.88 Å². The summed E-state index contributed by atoms with van der Waals surface area (Å²) in [4.78, 5) is 6.66. The molecule has 0 bridgehead atoms. The van der Waals surface area contributed by atoms with Gasteiger partial charge in [-0.15, -0.1) is 0 Å². The standard InChI is InChI=1S/C20H22N4O/c1-16-12-23(13-17-7-3-2-4-8-17)14-19-11-18(22-24(16)19)15-25-20-9-5-6-10-21-20/h2-11,16H,12-15H2,1H3. The Morgan fingerprint density at radius 3 is 2.76 bits per heavy atom. The highest BCUT2D eigenvalue weighted by atomic mass is 16.5. The summed E-state index contributed by atoms with van der Waals surface area (Å²) in [6.45, 7) is 5.55. The number of pyridine rings is 1. The molecule has 3 aromatic rings. The molecule has 0 radical (unpaired) electrons. The van der Waals surface area contributed by atoms with Crippen LogP contribution >= 0.6 is 0 Å². The molecule has 2 aromatic heterocycles. The van der Waals surface area contributed by atoms with E-state index in [2.05, 4.69) is 57.9 Å². The maximum atomic E-state index is 5.73. The van der Waals surface area contributed by atoms with Gasteiger partial charge >= 0.3 is 0 Å². The van der Waals surface area contributed by atoms with Crippen LogP contribution in [0.3, 0.4) is 0 Å². The normalized spacial score (nSPS) is 17.2. The lowest BCUT2D eigenvalue weighted by Gasteiger charge is -2.32. The average Bonchev–Trinajstić information content (AvgIpc) is 3.05. The third kappa shape index (κ3) is 3.72. The third-order valence-corrected chi connectivity index (χ3v) is 4.44. The van der Waals surface area contributed by atoms with Gasteiger partial charge in [-0.2, -0.15) is 5.10 Å². The zero-order valence-electron chi connectivity index (χ0n) is 14.4. The van der Waals surface area contributed by atoms with Gasteiger partial charge in [-0.05, 0) is 24.6 Å². The van der Waals surface area contributed by atoms with E-state index in [0.717, 1.165) is 25.3 Å². The van der Waals surface area contributed by atoms with Gasteiger partial charge in [0.05, 0.1) is 11.7 Å². The van der Waals surface area contributed by atoms with Crippen LogP contribution in [0.2, 0.25) is 0 Å². The van der Waals surface area contributed by atoms with E-state index in [1.807, 2.05) is 18.2 Å². The molecule has 1 aliphatic heterocycles. The minimum absolute atomic E-state index is 0.357. The molecule has 0 N–H and O–H groups in total. The summed E-state index contributed by atoms with van der Waals surface area (Å²) < 4.78 is 7.86. The summed E-state index contributed by atoms with van der Waals surface area (Å²) in [5, 5.41) is 4.73. The molecule has 1 atom stereocenters. The molecular formula is C20H22N4O. The Morgan fingerprint density at radius 2 is 1.96 bits per heavy atom. The smallest absolute Gasteiger partial charge is 0.213 e. The van der Waals surface area contributed by atoms with Crippen molar-refractivity contribution in [1.29, 1.82) is 0 Å². The van der Waals surface area contributed by atoms with Gasteiger partial charge in [0.1, 0.15) is 12.3 Å². The molecule has 5 heteroatoms. The minimum Gasteiger partial charge on any atom is -0.471 e. The first-order chi connectivity index (χ1) is 12.3. The van der Waals surface area contributed by atoms with Crippen molar-refractivity contribution in [3.63, 3.8) is 0 Å². The number of aromatic nitrogens is 3. The maximum Gasteiger partial charge on any atom is 0.213 e.